The molecule has 2 amide bonds. The molecule has 1 unspecified atom stereocenters. The summed E-state index contributed by atoms with van der Waals surface area (Å²) >= 11 is 0. The van der Waals surface area contributed by atoms with E-state index in [4.69, 9.17) is 14.3 Å². The molecule has 182 valence electrons. The lowest BCUT2D eigenvalue weighted by Gasteiger charge is -2.31. The van der Waals surface area contributed by atoms with Crippen LogP contribution in [0.4, 0.5) is 0 Å². The van der Waals surface area contributed by atoms with Crippen LogP contribution in [-0.4, -0.2) is 70.1 Å². The number of carbonyl (C=O) groups is 3. The summed E-state index contributed by atoms with van der Waals surface area (Å²) in [6.45, 7) is 6.78. The van der Waals surface area contributed by atoms with Crippen LogP contribution >= 0.6 is 0 Å². The van der Waals surface area contributed by atoms with Gasteiger partial charge in [-0.1, -0.05) is 0 Å². The molecule has 9 nitrogen and oxygen atoms in total. The van der Waals surface area contributed by atoms with Crippen LogP contribution in [0.25, 0.3) is 11.3 Å². The average Bonchev–Trinajstić information content (AvgIpc) is 3.57. The molecular formula is C25H32N4O5. The third-order valence-electron chi connectivity index (χ3n) is 7.19. The van der Waals surface area contributed by atoms with Crippen molar-refractivity contribution in [2.75, 3.05) is 32.8 Å². The number of esters is 1. The molecular weight excluding hydrogens is 436 g/mol. The summed E-state index contributed by atoms with van der Waals surface area (Å²) in [7, 11) is 0. The van der Waals surface area contributed by atoms with E-state index in [0.29, 0.717) is 31.9 Å². The first-order valence-corrected chi connectivity index (χ1v) is 12.4. The molecule has 2 aromatic rings. The van der Waals surface area contributed by atoms with Gasteiger partial charge in [0.2, 0.25) is 5.91 Å². The minimum Gasteiger partial charge on any atom is -0.466 e. The molecule has 1 aliphatic carbocycles. The summed E-state index contributed by atoms with van der Waals surface area (Å²) in [6, 6.07) is 0. The second-order valence-corrected chi connectivity index (χ2v) is 9.49. The average molecular weight is 469 g/mol. The number of fused-ring (bicyclic) bond motifs is 3. The second-order valence-electron chi connectivity index (χ2n) is 9.49. The number of nitrogens with zero attached hydrogens (tertiary/aromatic N) is 4. The van der Waals surface area contributed by atoms with E-state index >= 15 is 0 Å². The molecule has 9 heteroatoms. The van der Waals surface area contributed by atoms with E-state index in [1.165, 1.54) is 0 Å². The van der Waals surface area contributed by atoms with E-state index in [2.05, 4.69) is 0 Å². The number of piperidine rings is 1. The van der Waals surface area contributed by atoms with Gasteiger partial charge in [0.1, 0.15) is 12.3 Å². The lowest BCUT2D eigenvalue weighted by molar-refractivity contribution is -0.151. The standard InChI is InChI=1S/C25H32N4O5/c1-3-33-25(32)18-7-6-12-28(13-18)20(30)15-29-14-17-8-9-19-21(22(17)26-29)16(2)23(34-19)24(31)27-10-4-5-11-27/h14,18H,3-13,15H2,1-2H3. The summed E-state index contributed by atoms with van der Waals surface area (Å²) in [5, 5.41) is 4.73. The van der Waals surface area contributed by atoms with Gasteiger partial charge >= 0.3 is 5.97 Å². The van der Waals surface area contributed by atoms with E-state index in [-0.39, 0.29) is 30.2 Å². The maximum atomic E-state index is 13.0. The van der Waals surface area contributed by atoms with Gasteiger partial charge < -0.3 is 19.0 Å². The Morgan fingerprint density at radius 2 is 1.88 bits per heavy atom. The molecule has 0 radical (unpaired) electrons. The van der Waals surface area contributed by atoms with E-state index in [1.807, 2.05) is 18.0 Å². The molecule has 0 saturated carbocycles. The minimum atomic E-state index is -0.258. The molecule has 1 atom stereocenters. The molecule has 0 bridgehead atoms. The van der Waals surface area contributed by atoms with Crippen LogP contribution in [0.15, 0.2) is 10.6 Å². The molecule has 0 N–H and O–H groups in total. The number of likely N-dealkylation sites (tertiary alicyclic amines) is 2. The number of furan rings is 1. The van der Waals surface area contributed by atoms with Gasteiger partial charge in [-0.3, -0.25) is 19.1 Å². The Morgan fingerprint density at radius 1 is 1.12 bits per heavy atom. The quantitative estimate of drug-likeness (QED) is 0.626. The topological polar surface area (TPSA) is 97.9 Å². The molecule has 0 aromatic carbocycles. The third-order valence-corrected chi connectivity index (χ3v) is 7.19. The fourth-order valence-corrected chi connectivity index (χ4v) is 5.41. The van der Waals surface area contributed by atoms with Crippen molar-refractivity contribution in [1.82, 2.24) is 19.6 Å². The fraction of sp³-hybridized carbons (Fsp3) is 0.600. The lowest BCUT2D eigenvalue weighted by atomic mass is 9.93. The minimum absolute atomic E-state index is 0.0400. The van der Waals surface area contributed by atoms with Crippen molar-refractivity contribution in [3.8, 4) is 11.3 Å². The van der Waals surface area contributed by atoms with Crippen molar-refractivity contribution >= 4 is 17.8 Å². The zero-order valence-corrected chi connectivity index (χ0v) is 20.0. The van der Waals surface area contributed by atoms with Crippen molar-refractivity contribution in [2.24, 2.45) is 5.92 Å². The Hall–Kier alpha value is -3.10. The van der Waals surface area contributed by atoms with Crippen LogP contribution in [0.3, 0.4) is 0 Å². The first-order chi connectivity index (χ1) is 16.5. The van der Waals surface area contributed by atoms with Crippen LogP contribution in [0.5, 0.6) is 0 Å². The lowest BCUT2D eigenvalue weighted by Crippen LogP contribution is -2.44. The Kier molecular flexibility index (Phi) is 6.18. The second kappa shape index (κ2) is 9.27. The van der Waals surface area contributed by atoms with Crippen LogP contribution in [-0.2, 0) is 33.7 Å². The first-order valence-electron chi connectivity index (χ1n) is 12.4. The molecule has 0 spiro atoms. The molecule has 34 heavy (non-hydrogen) atoms. The monoisotopic (exact) mass is 468 g/mol. The number of rotatable bonds is 5. The van der Waals surface area contributed by atoms with Crippen LogP contribution in [0, 0.1) is 12.8 Å². The predicted molar refractivity (Wildman–Crippen MR) is 123 cm³/mol. The number of aromatic nitrogens is 2. The molecule has 3 aliphatic rings. The van der Waals surface area contributed by atoms with Gasteiger partial charge in [-0.25, -0.2) is 0 Å². The van der Waals surface area contributed by atoms with E-state index < -0.39 is 0 Å². The predicted octanol–water partition coefficient (Wildman–Crippen LogP) is 2.59. The number of ether oxygens (including phenoxy) is 1. The highest BCUT2D eigenvalue weighted by atomic mass is 16.5. The van der Waals surface area contributed by atoms with E-state index in [9.17, 15) is 14.4 Å². The van der Waals surface area contributed by atoms with Gasteiger partial charge in [0.25, 0.3) is 5.91 Å². The molecule has 2 aromatic heterocycles. The van der Waals surface area contributed by atoms with Gasteiger partial charge in [0, 0.05) is 49.9 Å². The van der Waals surface area contributed by atoms with Crippen molar-refractivity contribution in [3.63, 3.8) is 0 Å². The van der Waals surface area contributed by atoms with Gasteiger partial charge in [-0.2, -0.15) is 5.10 Å². The van der Waals surface area contributed by atoms with Crippen molar-refractivity contribution in [1.29, 1.82) is 0 Å². The van der Waals surface area contributed by atoms with Crippen molar-refractivity contribution in [2.45, 2.75) is 58.9 Å². The Morgan fingerprint density at radius 3 is 2.65 bits per heavy atom. The molecule has 2 saturated heterocycles. The van der Waals surface area contributed by atoms with Crippen LogP contribution < -0.4 is 0 Å². The number of carbonyl (C=O) groups excluding carboxylic acids is 3. The summed E-state index contributed by atoms with van der Waals surface area (Å²) in [6.07, 6.45) is 7.00. The van der Waals surface area contributed by atoms with Gasteiger partial charge in [-0.15, -0.1) is 0 Å². The Labute approximate surface area is 199 Å². The number of aryl methyl sites for hydroxylation is 2. The highest BCUT2D eigenvalue weighted by Crippen LogP contribution is 2.39. The molecule has 2 fully saturated rings. The summed E-state index contributed by atoms with van der Waals surface area (Å²) in [5.41, 5.74) is 3.60. The molecule has 4 heterocycles. The van der Waals surface area contributed by atoms with Gasteiger partial charge in [-0.05, 0) is 51.5 Å². The van der Waals surface area contributed by atoms with Gasteiger partial charge in [0.15, 0.2) is 5.76 Å². The van der Waals surface area contributed by atoms with E-state index in [1.54, 1.807) is 16.5 Å². The number of hydrogen-bond acceptors (Lipinski definition) is 6. The summed E-state index contributed by atoms with van der Waals surface area (Å²) < 4.78 is 12.9. The van der Waals surface area contributed by atoms with Crippen LogP contribution in [0.1, 0.15) is 60.0 Å². The third kappa shape index (κ3) is 4.12. The molecule has 2 aliphatic heterocycles. The van der Waals surface area contributed by atoms with Gasteiger partial charge in [0.05, 0.1) is 18.2 Å². The Bertz CT molecular complexity index is 1110. The first kappa shape index (κ1) is 22.7. The zero-order chi connectivity index (χ0) is 23.8. The maximum Gasteiger partial charge on any atom is 0.310 e. The SMILES string of the molecule is CCOC(=O)C1CCCN(C(=O)Cn2cc3c(n2)-c2c(oc(C(=O)N4CCCC4)c2C)CC3)C1. The smallest absolute Gasteiger partial charge is 0.310 e. The summed E-state index contributed by atoms with van der Waals surface area (Å²) in [4.78, 5) is 41.7. The Balaban J connectivity index is 1.32. The van der Waals surface area contributed by atoms with Crippen molar-refractivity contribution in [3.05, 3.63) is 28.8 Å². The summed E-state index contributed by atoms with van der Waals surface area (Å²) in [5.74, 6) is 0.647. The highest BCUT2D eigenvalue weighted by Gasteiger charge is 2.33. The van der Waals surface area contributed by atoms with E-state index in [0.717, 1.165) is 73.3 Å². The highest BCUT2D eigenvalue weighted by molar-refractivity contribution is 5.95. The number of hydrogen-bond donors (Lipinski definition) is 0. The maximum absolute atomic E-state index is 13.0. The largest absolute Gasteiger partial charge is 0.466 e. The fourth-order valence-electron chi connectivity index (χ4n) is 5.41. The van der Waals surface area contributed by atoms with Crippen molar-refractivity contribution < 1.29 is 23.5 Å². The van der Waals surface area contributed by atoms with Crippen LogP contribution in [0.2, 0.25) is 0 Å². The number of amides is 2. The molecule has 5 rings (SSSR count). The normalized spacial score (nSPS) is 19.6. The zero-order valence-electron chi connectivity index (χ0n) is 20.0.